The molecule has 2 rings (SSSR count). The summed E-state index contributed by atoms with van der Waals surface area (Å²) in [6.45, 7) is 0.672. The van der Waals surface area contributed by atoms with Gasteiger partial charge >= 0.3 is 0 Å². The van der Waals surface area contributed by atoms with Gasteiger partial charge in [0.1, 0.15) is 5.82 Å². The van der Waals surface area contributed by atoms with Crippen LogP contribution in [0.25, 0.3) is 0 Å². The van der Waals surface area contributed by atoms with Gasteiger partial charge < -0.3 is 15.5 Å². The number of guanidine groups is 1. The molecule has 0 saturated heterocycles. The lowest BCUT2D eigenvalue weighted by molar-refractivity contribution is -0.115. The molecule has 0 atom stereocenters. The maximum absolute atomic E-state index is 12.9. The summed E-state index contributed by atoms with van der Waals surface area (Å²) in [4.78, 5) is 18.0. The van der Waals surface area contributed by atoms with Crippen molar-refractivity contribution < 1.29 is 9.18 Å². The fourth-order valence-corrected chi connectivity index (χ4v) is 2.35. The number of hydrogen-bond donors (Lipinski definition) is 2. The molecule has 1 amide bonds. The third kappa shape index (κ3) is 7.17. The molecule has 0 aliphatic heterocycles. The molecule has 0 radical (unpaired) electrons. The molecule has 8 heteroatoms. The maximum Gasteiger partial charge on any atom is 0.243 e. The summed E-state index contributed by atoms with van der Waals surface area (Å²) in [6, 6.07) is 13.1. The number of rotatable bonds is 5. The van der Waals surface area contributed by atoms with Crippen molar-refractivity contribution in [2.45, 2.75) is 6.54 Å². The second-order valence-electron chi connectivity index (χ2n) is 5.44. The summed E-state index contributed by atoms with van der Waals surface area (Å²) in [7, 11) is 3.53. The monoisotopic (exact) mass is 490 g/mol. The van der Waals surface area contributed by atoms with Crippen molar-refractivity contribution >= 4 is 53.1 Å². The van der Waals surface area contributed by atoms with Gasteiger partial charge in [-0.2, -0.15) is 0 Å². The highest BCUT2D eigenvalue weighted by Gasteiger charge is 2.09. The van der Waals surface area contributed by atoms with Crippen LogP contribution in [0.5, 0.6) is 0 Å². The Morgan fingerprint density at radius 3 is 2.35 bits per heavy atom. The summed E-state index contributed by atoms with van der Waals surface area (Å²) in [5, 5.41) is 6.37. The largest absolute Gasteiger partial charge is 0.347 e. The van der Waals surface area contributed by atoms with Gasteiger partial charge in [0.2, 0.25) is 5.91 Å². The second-order valence-corrected chi connectivity index (χ2v) is 5.87. The Kier molecular flexibility index (Phi) is 9.36. The number of halogens is 3. The molecule has 2 aromatic rings. The van der Waals surface area contributed by atoms with Crippen molar-refractivity contribution in [3.05, 3.63) is 64.9 Å². The van der Waals surface area contributed by atoms with Gasteiger partial charge in [0.25, 0.3) is 0 Å². The van der Waals surface area contributed by atoms with Crippen LogP contribution in [0.3, 0.4) is 0 Å². The standard InChI is InChI=1S/C18H20ClFN4O.HI/c1-21-18(24(2)12-13-3-5-14(19)6-4-13)22-11-17(25)23-16-9-7-15(20)8-10-16;/h3-10H,11-12H2,1-2H3,(H,21,22)(H,23,25);1H. The van der Waals surface area contributed by atoms with Crippen molar-refractivity contribution in [3.63, 3.8) is 0 Å². The molecule has 0 saturated carbocycles. The van der Waals surface area contributed by atoms with Gasteiger partial charge in [-0.25, -0.2) is 4.39 Å². The number of hydrogen-bond acceptors (Lipinski definition) is 2. The zero-order valence-electron chi connectivity index (χ0n) is 14.5. The van der Waals surface area contributed by atoms with Crippen LogP contribution in [0.15, 0.2) is 53.5 Å². The van der Waals surface area contributed by atoms with Gasteiger partial charge in [0.15, 0.2) is 5.96 Å². The SMILES string of the molecule is CN=C(NCC(=O)Nc1ccc(F)cc1)N(C)Cc1ccc(Cl)cc1.I. The van der Waals surface area contributed by atoms with E-state index in [1.165, 1.54) is 24.3 Å². The number of carbonyl (C=O) groups is 1. The fraction of sp³-hybridized carbons (Fsp3) is 0.222. The van der Waals surface area contributed by atoms with E-state index in [0.717, 1.165) is 5.56 Å². The van der Waals surface area contributed by atoms with E-state index in [-0.39, 0.29) is 42.2 Å². The number of amides is 1. The highest BCUT2D eigenvalue weighted by molar-refractivity contribution is 14.0. The topological polar surface area (TPSA) is 56.7 Å². The molecule has 26 heavy (non-hydrogen) atoms. The van der Waals surface area contributed by atoms with Crippen LogP contribution >= 0.6 is 35.6 Å². The summed E-state index contributed by atoms with van der Waals surface area (Å²) < 4.78 is 12.9. The summed E-state index contributed by atoms with van der Waals surface area (Å²) in [6.07, 6.45) is 0. The lowest BCUT2D eigenvalue weighted by Gasteiger charge is -2.22. The van der Waals surface area contributed by atoms with Crippen molar-refractivity contribution in [1.82, 2.24) is 10.2 Å². The third-order valence-corrected chi connectivity index (χ3v) is 3.69. The molecule has 0 aliphatic carbocycles. The van der Waals surface area contributed by atoms with Gasteiger partial charge in [0.05, 0.1) is 6.54 Å². The minimum Gasteiger partial charge on any atom is -0.347 e. The normalized spacial score (nSPS) is 10.7. The number of anilines is 1. The Morgan fingerprint density at radius 2 is 1.77 bits per heavy atom. The van der Waals surface area contributed by atoms with E-state index in [1.807, 2.05) is 36.2 Å². The fourth-order valence-electron chi connectivity index (χ4n) is 2.22. The highest BCUT2D eigenvalue weighted by atomic mass is 127. The number of benzene rings is 2. The van der Waals surface area contributed by atoms with E-state index in [9.17, 15) is 9.18 Å². The van der Waals surface area contributed by atoms with E-state index in [2.05, 4.69) is 15.6 Å². The van der Waals surface area contributed by atoms with Gasteiger partial charge in [-0.1, -0.05) is 23.7 Å². The summed E-state index contributed by atoms with van der Waals surface area (Å²) in [5.74, 6) is -0.00259. The minimum atomic E-state index is -0.347. The van der Waals surface area contributed by atoms with Gasteiger partial charge in [-0.05, 0) is 42.0 Å². The Bertz CT molecular complexity index is 738. The van der Waals surface area contributed by atoms with Crippen LogP contribution in [0.4, 0.5) is 10.1 Å². The molecule has 0 aliphatic rings. The number of carbonyl (C=O) groups excluding carboxylic acids is 1. The first kappa shape index (κ1) is 22.2. The van der Waals surface area contributed by atoms with Crippen molar-refractivity contribution in [2.75, 3.05) is 26.0 Å². The summed E-state index contributed by atoms with van der Waals surface area (Å²) >= 11 is 5.88. The Balaban J connectivity index is 0.00000338. The van der Waals surface area contributed by atoms with Gasteiger partial charge in [0, 0.05) is 31.4 Å². The smallest absolute Gasteiger partial charge is 0.243 e. The molecule has 5 nitrogen and oxygen atoms in total. The van der Waals surface area contributed by atoms with Crippen LogP contribution < -0.4 is 10.6 Å². The first-order valence-corrected chi connectivity index (χ1v) is 8.07. The third-order valence-electron chi connectivity index (χ3n) is 3.44. The molecular weight excluding hydrogens is 470 g/mol. The predicted molar refractivity (Wildman–Crippen MR) is 115 cm³/mol. The molecule has 0 unspecified atom stereocenters. The molecule has 0 fully saturated rings. The van der Waals surface area contributed by atoms with Crippen LogP contribution in [0.2, 0.25) is 5.02 Å². The zero-order valence-corrected chi connectivity index (χ0v) is 17.6. The molecule has 0 aromatic heterocycles. The van der Waals surface area contributed by atoms with E-state index in [1.54, 1.807) is 7.05 Å². The first-order valence-electron chi connectivity index (χ1n) is 7.69. The first-order chi connectivity index (χ1) is 12.0. The van der Waals surface area contributed by atoms with E-state index < -0.39 is 0 Å². The van der Waals surface area contributed by atoms with Crippen molar-refractivity contribution in [1.29, 1.82) is 0 Å². The van der Waals surface area contributed by atoms with E-state index in [0.29, 0.717) is 23.2 Å². The van der Waals surface area contributed by atoms with Crippen LogP contribution in [0.1, 0.15) is 5.56 Å². The number of aliphatic imine (C=N–C) groups is 1. The molecule has 2 N–H and O–H groups in total. The summed E-state index contributed by atoms with van der Waals surface area (Å²) in [5.41, 5.74) is 1.61. The maximum atomic E-state index is 12.9. The van der Waals surface area contributed by atoms with Gasteiger partial charge in [-0.15, -0.1) is 24.0 Å². The van der Waals surface area contributed by atoms with Crippen LogP contribution in [-0.2, 0) is 11.3 Å². The Morgan fingerprint density at radius 1 is 1.15 bits per heavy atom. The highest BCUT2D eigenvalue weighted by Crippen LogP contribution is 2.11. The lowest BCUT2D eigenvalue weighted by Crippen LogP contribution is -2.42. The van der Waals surface area contributed by atoms with E-state index >= 15 is 0 Å². The second kappa shape index (κ2) is 11.0. The average molecular weight is 491 g/mol. The molecule has 2 aromatic carbocycles. The molecule has 0 heterocycles. The van der Waals surface area contributed by atoms with Crippen LogP contribution in [-0.4, -0.2) is 37.4 Å². The van der Waals surface area contributed by atoms with Gasteiger partial charge in [-0.3, -0.25) is 9.79 Å². The van der Waals surface area contributed by atoms with E-state index in [4.69, 9.17) is 11.6 Å². The molecular formula is C18H21ClFIN4O. The van der Waals surface area contributed by atoms with Crippen molar-refractivity contribution in [2.24, 2.45) is 4.99 Å². The quantitative estimate of drug-likeness (QED) is 0.381. The predicted octanol–water partition coefficient (Wildman–Crippen LogP) is 3.74. The average Bonchev–Trinajstić information content (AvgIpc) is 2.59. The number of nitrogens with one attached hydrogen (secondary N) is 2. The Hall–Kier alpha value is -1.87. The number of nitrogens with zero attached hydrogens (tertiary/aromatic N) is 2. The molecule has 0 bridgehead atoms. The minimum absolute atomic E-state index is 0. The zero-order chi connectivity index (χ0) is 18.2. The van der Waals surface area contributed by atoms with Crippen molar-refractivity contribution in [3.8, 4) is 0 Å². The molecule has 140 valence electrons. The molecule has 0 spiro atoms. The Labute approximate surface area is 174 Å². The van der Waals surface area contributed by atoms with Crippen LogP contribution in [0, 0.1) is 5.82 Å². The lowest BCUT2D eigenvalue weighted by atomic mass is 10.2.